The number of hydrogen-bond donors (Lipinski definition) is 0. The molecule has 1 saturated carbocycles. The summed E-state index contributed by atoms with van der Waals surface area (Å²) in [6, 6.07) is 10.0. The van der Waals surface area contributed by atoms with Crippen LogP contribution in [0.3, 0.4) is 0 Å². The third-order valence-corrected chi connectivity index (χ3v) is 6.18. The van der Waals surface area contributed by atoms with E-state index in [1.165, 1.54) is 39.5 Å². The number of halogens is 3. The normalized spacial score (nSPS) is 17.4. The van der Waals surface area contributed by atoms with Crippen molar-refractivity contribution >= 4 is 22.5 Å². The van der Waals surface area contributed by atoms with Crippen LogP contribution in [0.1, 0.15) is 74.0 Å². The number of carbonyl (C=O) groups excluding carboxylic acids is 1. The molecule has 0 bridgehead atoms. The van der Waals surface area contributed by atoms with Crippen molar-refractivity contribution in [1.29, 1.82) is 0 Å². The molecule has 2 aromatic heterocycles. The number of Topliss-reactive ketones (excluding diaryl/α,β-unsaturated/α-hetero) is 1. The van der Waals surface area contributed by atoms with Gasteiger partial charge in [-0.2, -0.15) is 13.2 Å². The second-order valence-corrected chi connectivity index (χ2v) is 9.75. The van der Waals surface area contributed by atoms with Crippen LogP contribution in [0.5, 0.6) is 0 Å². The van der Waals surface area contributed by atoms with Crippen LogP contribution in [-0.4, -0.2) is 34.8 Å². The molecule has 0 N–H and O–H groups in total. The summed E-state index contributed by atoms with van der Waals surface area (Å²) in [5.41, 5.74) is 0.356. The number of anilines is 1. The fraction of sp³-hybridized carbons (Fsp3) is 0.500. The zero-order valence-corrected chi connectivity index (χ0v) is 22.3. The van der Waals surface area contributed by atoms with E-state index in [9.17, 15) is 18.0 Å². The average molecular weight is 503 g/mol. The van der Waals surface area contributed by atoms with Gasteiger partial charge < -0.3 is 4.90 Å². The SMILES string of the molecule is CC(=O)c1ccc(C(F)(F)F)nc1C.CC1CCC(C)CC1.Cc1nc(N(C)C)c2ccccc2n1. The van der Waals surface area contributed by atoms with E-state index in [0.717, 1.165) is 46.5 Å². The molecule has 8 heteroatoms. The van der Waals surface area contributed by atoms with Gasteiger partial charge in [-0.05, 0) is 56.9 Å². The van der Waals surface area contributed by atoms with Crippen molar-refractivity contribution < 1.29 is 18.0 Å². The summed E-state index contributed by atoms with van der Waals surface area (Å²) < 4.78 is 36.5. The highest BCUT2D eigenvalue weighted by atomic mass is 19.4. The van der Waals surface area contributed by atoms with Gasteiger partial charge in [0.25, 0.3) is 0 Å². The van der Waals surface area contributed by atoms with Crippen LogP contribution in [0.25, 0.3) is 10.9 Å². The Balaban J connectivity index is 0.000000198. The highest BCUT2D eigenvalue weighted by Gasteiger charge is 2.32. The number of carbonyl (C=O) groups is 1. The van der Waals surface area contributed by atoms with Gasteiger partial charge in [-0.25, -0.2) is 15.0 Å². The Bertz CT molecular complexity index is 1140. The zero-order valence-electron chi connectivity index (χ0n) is 22.3. The summed E-state index contributed by atoms with van der Waals surface area (Å²) in [4.78, 5) is 25.0. The van der Waals surface area contributed by atoms with E-state index >= 15 is 0 Å². The summed E-state index contributed by atoms with van der Waals surface area (Å²) >= 11 is 0. The molecule has 36 heavy (non-hydrogen) atoms. The predicted octanol–water partition coefficient (Wildman–Crippen LogP) is 7.45. The fourth-order valence-corrected chi connectivity index (χ4v) is 4.03. The summed E-state index contributed by atoms with van der Waals surface area (Å²) in [5, 5.41) is 1.10. The van der Waals surface area contributed by atoms with Gasteiger partial charge in [0, 0.05) is 30.7 Å². The third-order valence-electron chi connectivity index (χ3n) is 6.18. The van der Waals surface area contributed by atoms with Gasteiger partial charge >= 0.3 is 6.18 Å². The number of pyridine rings is 1. The maximum absolute atomic E-state index is 12.2. The second kappa shape index (κ2) is 12.8. The molecular formula is C28H37F3N4O. The molecule has 0 radical (unpaired) electrons. The molecule has 0 atom stereocenters. The van der Waals surface area contributed by atoms with Gasteiger partial charge in [-0.3, -0.25) is 4.79 Å². The standard InChI is InChI=1S/C11H13N3.C9H8F3NO.C8H16/c1-8-12-10-7-5-4-6-9(10)11(13-8)14(2)3;1-5-7(6(2)14)3-4-8(13-5)9(10,11)12;1-7-3-5-8(2)6-4-7/h4-7H,1-3H3;3-4H,1-2H3;7-8H,3-6H2,1-2H3. The first-order chi connectivity index (χ1) is 16.8. The lowest BCUT2D eigenvalue weighted by Crippen LogP contribution is -2.12. The molecule has 1 aromatic carbocycles. The van der Waals surface area contributed by atoms with Crippen LogP contribution in [0.15, 0.2) is 36.4 Å². The minimum atomic E-state index is -4.46. The smallest absolute Gasteiger partial charge is 0.362 e. The molecule has 0 spiro atoms. The van der Waals surface area contributed by atoms with Crippen LogP contribution in [-0.2, 0) is 6.18 Å². The zero-order chi connectivity index (χ0) is 27.0. The topological polar surface area (TPSA) is 59.0 Å². The second-order valence-electron chi connectivity index (χ2n) is 9.75. The van der Waals surface area contributed by atoms with E-state index in [-0.39, 0.29) is 17.0 Å². The molecular weight excluding hydrogens is 465 g/mol. The molecule has 2 heterocycles. The largest absolute Gasteiger partial charge is 0.433 e. The predicted molar refractivity (Wildman–Crippen MR) is 139 cm³/mol. The fourth-order valence-electron chi connectivity index (χ4n) is 4.03. The van der Waals surface area contributed by atoms with E-state index < -0.39 is 11.9 Å². The molecule has 1 aliphatic carbocycles. The molecule has 1 aliphatic rings. The lowest BCUT2D eigenvalue weighted by Gasteiger charge is -2.22. The quantitative estimate of drug-likeness (QED) is 0.341. The van der Waals surface area contributed by atoms with E-state index in [0.29, 0.717) is 0 Å². The highest BCUT2D eigenvalue weighted by Crippen LogP contribution is 2.28. The summed E-state index contributed by atoms with van der Waals surface area (Å²) in [6.45, 7) is 9.32. The lowest BCUT2D eigenvalue weighted by atomic mass is 9.84. The molecule has 4 rings (SSSR count). The number of aryl methyl sites for hydroxylation is 2. The maximum atomic E-state index is 12.2. The number of rotatable bonds is 2. The lowest BCUT2D eigenvalue weighted by molar-refractivity contribution is -0.141. The number of nitrogens with zero attached hydrogens (tertiary/aromatic N) is 4. The number of fused-ring (bicyclic) bond motifs is 1. The Morgan fingerprint density at radius 3 is 1.92 bits per heavy atom. The van der Waals surface area contributed by atoms with Gasteiger partial charge in [-0.1, -0.05) is 51.7 Å². The molecule has 196 valence electrons. The van der Waals surface area contributed by atoms with Crippen LogP contribution in [0, 0.1) is 25.7 Å². The van der Waals surface area contributed by atoms with Crippen molar-refractivity contribution in [1.82, 2.24) is 15.0 Å². The first-order valence-electron chi connectivity index (χ1n) is 12.3. The average Bonchev–Trinajstić information content (AvgIpc) is 2.80. The molecule has 0 unspecified atom stereocenters. The molecule has 0 saturated heterocycles. The van der Waals surface area contributed by atoms with Crippen molar-refractivity contribution in [3.63, 3.8) is 0 Å². The van der Waals surface area contributed by atoms with Crippen LogP contribution >= 0.6 is 0 Å². The van der Waals surface area contributed by atoms with Crippen molar-refractivity contribution in [2.24, 2.45) is 11.8 Å². The molecule has 3 aromatic rings. The number of alkyl halides is 3. The van der Waals surface area contributed by atoms with Crippen LogP contribution in [0.2, 0.25) is 0 Å². The van der Waals surface area contributed by atoms with Gasteiger partial charge in [-0.15, -0.1) is 0 Å². The van der Waals surface area contributed by atoms with Gasteiger partial charge in [0.1, 0.15) is 17.3 Å². The Hall–Kier alpha value is -3.03. The maximum Gasteiger partial charge on any atom is 0.433 e. The van der Waals surface area contributed by atoms with Gasteiger partial charge in [0.05, 0.1) is 5.52 Å². The molecule has 0 aliphatic heterocycles. The minimum Gasteiger partial charge on any atom is -0.362 e. The van der Waals surface area contributed by atoms with Crippen molar-refractivity contribution in [2.75, 3.05) is 19.0 Å². The molecule has 0 amide bonds. The minimum absolute atomic E-state index is 0.104. The van der Waals surface area contributed by atoms with E-state index in [4.69, 9.17) is 0 Å². The number of para-hydroxylation sites is 1. The van der Waals surface area contributed by atoms with Crippen LogP contribution in [0.4, 0.5) is 19.0 Å². The number of ketones is 1. The molecule has 5 nitrogen and oxygen atoms in total. The third kappa shape index (κ3) is 8.57. The van der Waals surface area contributed by atoms with Crippen LogP contribution < -0.4 is 4.90 Å². The van der Waals surface area contributed by atoms with E-state index in [1.54, 1.807) is 0 Å². The van der Waals surface area contributed by atoms with Crippen molar-refractivity contribution in [3.05, 3.63) is 59.2 Å². The van der Waals surface area contributed by atoms with Crippen molar-refractivity contribution in [3.8, 4) is 0 Å². The summed E-state index contributed by atoms with van der Waals surface area (Å²) in [7, 11) is 3.99. The number of hydrogen-bond acceptors (Lipinski definition) is 5. The first-order valence-corrected chi connectivity index (χ1v) is 12.3. The number of benzene rings is 1. The first kappa shape index (κ1) is 29.2. The van der Waals surface area contributed by atoms with Gasteiger partial charge in [0.2, 0.25) is 0 Å². The molecule has 1 fully saturated rings. The van der Waals surface area contributed by atoms with E-state index in [1.807, 2.05) is 50.2 Å². The Morgan fingerprint density at radius 2 is 1.44 bits per heavy atom. The van der Waals surface area contributed by atoms with E-state index in [2.05, 4.69) is 28.8 Å². The number of aromatic nitrogens is 3. The Kier molecular flexibility index (Phi) is 10.4. The monoisotopic (exact) mass is 502 g/mol. The Morgan fingerprint density at radius 1 is 0.889 bits per heavy atom. The summed E-state index contributed by atoms with van der Waals surface area (Å²) in [5.74, 6) is 3.54. The van der Waals surface area contributed by atoms with Crippen molar-refractivity contribution in [2.45, 2.75) is 66.5 Å². The van der Waals surface area contributed by atoms with Gasteiger partial charge in [0.15, 0.2) is 5.78 Å². The highest BCUT2D eigenvalue weighted by molar-refractivity contribution is 5.95. The Labute approximate surface area is 212 Å². The summed E-state index contributed by atoms with van der Waals surface area (Å²) in [6.07, 6.45) is 1.44.